The van der Waals surface area contributed by atoms with E-state index in [1.165, 1.54) is 13.2 Å². The first-order chi connectivity index (χ1) is 9.51. The molecule has 1 heterocycles. The van der Waals surface area contributed by atoms with Gasteiger partial charge in [0.1, 0.15) is 11.5 Å². The molecule has 5 nitrogen and oxygen atoms in total. The highest BCUT2D eigenvalue weighted by atomic mass is 19.1. The summed E-state index contributed by atoms with van der Waals surface area (Å²) in [5.41, 5.74) is 6.86. The fraction of sp³-hybridized carbons (Fsp3) is 0.214. The number of carbonyl (C=O) groups is 1. The van der Waals surface area contributed by atoms with Crippen molar-refractivity contribution in [2.24, 2.45) is 5.73 Å². The van der Waals surface area contributed by atoms with Crippen molar-refractivity contribution in [3.05, 3.63) is 52.9 Å². The highest BCUT2D eigenvalue weighted by molar-refractivity contribution is 5.92. The molecule has 0 saturated heterocycles. The molecule has 2 aromatic rings. The first-order valence-electron chi connectivity index (χ1n) is 5.96. The van der Waals surface area contributed by atoms with Crippen LogP contribution in [0.2, 0.25) is 0 Å². The minimum absolute atomic E-state index is 0.149. The number of ether oxygens (including phenoxy) is 1. The molecule has 0 radical (unpaired) electrons. The Morgan fingerprint density at radius 3 is 2.85 bits per heavy atom. The highest BCUT2D eigenvalue weighted by Gasteiger charge is 2.13. The van der Waals surface area contributed by atoms with E-state index in [0.29, 0.717) is 17.8 Å². The van der Waals surface area contributed by atoms with E-state index in [1.54, 1.807) is 25.3 Å². The Morgan fingerprint density at radius 2 is 2.20 bits per heavy atom. The SMILES string of the molecule is COc1cc(Cc2cnc(C)nc2C(N)=O)ccc1F. The third-order valence-corrected chi connectivity index (χ3v) is 2.83. The lowest BCUT2D eigenvalue weighted by Gasteiger charge is -2.08. The predicted octanol–water partition coefficient (Wildman–Crippen LogP) is 1.62. The fourth-order valence-corrected chi connectivity index (χ4v) is 1.87. The molecule has 0 aliphatic rings. The lowest BCUT2D eigenvalue weighted by atomic mass is 10.0. The van der Waals surface area contributed by atoms with E-state index in [0.717, 1.165) is 5.56 Å². The molecule has 1 aromatic carbocycles. The zero-order valence-electron chi connectivity index (χ0n) is 11.2. The van der Waals surface area contributed by atoms with Crippen LogP contribution in [0.1, 0.15) is 27.4 Å². The first kappa shape index (κ1) is 13.9. The monoisotopic (exact) mass is 275 g/mol. The number of amides is 1. The van der Waals surface area contributed by atoms with Crippen LogP contribution >= 0.6 is 0 Å². The van der Waals surface area contributed by atoms with E-state index in [9.17, 15) is 9.18 Å². The Hall–Kier alpha value is -2.50. The molecule has 0 saturated carbocycles. The number of nitrogens with zero attached hydrogens (tertiary/aromatic N) is 2. The maximum absolute atomic E-state index is 13.3. The molecule has 0 atom stereocenters. The topological polar surface area (TPSA) is 78.1 Å². The number of methoxy groups -OCH3 is 1. The van der Waals surface area contributed by atoms with Crippen LogP contribution in [0.25, 0.3) is 0 Å². The van der Waals surface area contributed by atoms with E-state index in [4.69, 9.17) is 10.5 Å². The quantitative estimate of drug-likeness (QED) is 0.919. The fourth-order valence-electron chi connectivity index (χ4n) is 1.87. The van der Waals surface area contributed by atoms with Crippen molar-refractivity contribution >= 4 is 5.91 Å². The number of primary amides is 1. The summed E-state index contributed by atoms with van der Waals surface area (Å²) in [4.78, 5) is 19.5. The van der Waals surface area contributed by atoms with Gasteiger partial charge in [0.25, 0.3) is 5.91 Å². The molecule has 6 heteroatoms. The van der Waals surface area contributed by atoms with Crippen LogP contribution in [-0.2, 0) is 6.42 Å². The van der Waals surface area contributed by atoms with Gasteiger partial charge in [0.15, 0.2) is 11.6 Å². The zero-order chi connectivity index (χ0) is 14.7. The number of hydrogen-bond acceptors (Lipinski definition) is 4. The number of hydrogen-bond donors (Lipinski definition) is 1. The minimum atomic E-state index is -0.612. The Labute approximate surface area is 115 Å². The van der Waals surface area contributed by atoms with E-state index in [2.05, 4.69) is 9.97 Å². The lowest BCUT2D eigenvalue weighted by Crippen LogP contribution is -2.17. The third-order valence-electron chi connectivity index (χ3n) is 2.83. The summed E-state index contributed by atoms with van der Waals surface area (Å²) in [6.45, 7) is 1.68. The van der Waals surface area contributed by atoms with Crippen molar-refractivity contribution in [3.8, 4) is 5.75 Å². The maximum atomic E-state index is 13.3. The second kappa shape index (κ2) is 5.64. The molecular formula is C14H14FN3O2. The summed E-state index contributed by atoms with van der Waals surface area (Å²) >= 11 is 0. The number of nitrogens with two attached hydrogens (primary N) is 1. The summed E-state index contributed by atoms with van der Waals surface area (Å²) in [5.74, 6) is -0.429. The molecule has 0 fully saturated rings. The van der Waals surface area contributed by atoms with Crippen LogP contribution < -0.4 is 10.5 Å². The van der Waals surface area contributed by atoms with Crippen LogP contribution in [-0.4, -0.2) is 23.0 Å². The maximum Gasteiger partial charge on any atom is 0.267 e. The van der Waals surface area contributed by atoms with Crippen LogP contribution in [0, 0.1) is 12.7 Å². The predicted molar refractivity (Wildman–Crippen MR) is 71.0 cm³/mol. The van der Waals surface area contributed by atoms with E-state index < -0.39 is 11.7 Å². The smallest absolute Gasteiger partial charge is 0.267 e. The van der Waals surface area contributed by atoms with Gasteiger partial charge >= 0.3 is 0 Å². The normalized spacial score (nSPS) is 10.3. The standard InChI is InChI=1S/C14H14FN3O2/c1-8-17-7-10(13(18-8)14(16)19)5-9-3-4-11(15)12(6-9)20-2/h3-4,6-7H,5H2,1-2H3,(H2,16,19). The number of halogens is 1. The van der Waals surface area contributed by atoms with Crippen molar-refractivity contribution in [2.45, 2.75) is 13.3 Å². The first-order valence-corrected chi connectivity index (χ1v) is 5.96. The van der Waals surface area contributed by atoms with Crippen molar-refractivity contribution in [1.82, 2.24) is 9.97 Å². The van der Waals surface area contributed by atoms with Crippen molar-refractivity contribution in [3.63, 3.8) is 0 Å². The number of aryl methyl sites for hydroxylation is 1. The minimum Gasteiger partial charge on any atom is -0.494 e. The van der Waals surface area contributed by atoms with Gasteiger partial charge in [-0.3, -0.25) is 4.79 Å². The molecule has 2 rings (SSSR count). The average molecular weight is 275 g/mol. The molecule has 0 aliphatic heterocycles. The largest absolute Gasteiger partial charge is 0.494 e. The Balaban J connectivity index is 2.37. The Kier molecular flexibility index (Phi) is 3.93. The van der Waals surface area contributed by atoms with Crippen molar-refractivity contribution < 1.29 is 13.9 Å². The summed E-state index contributed by atoms with van der Waals surface area (Å²) < 4.78 is 18.3. The van der Waals surface area contributed by atoms with Gasteiger partial charge in [0.05, 0.1) is 7.11 Å². The van der Waals surface area contributed by atoms with Crippen LogP contribution in [0.5, 0.6) is 5.75 Å². The van der Waals surface area contributed by atoms with Gasteiger partial charge < -0.3 is 10.5 Å². The molecule has 20 heavy (non-hydrogen) atoms. The molecule has 0 aliphatic carbocycles. The number of rotatable bonds is 4. The molecular weight excluding hydrogens is 261 g/mol. The summed E-state index contributed by atoms with van der Waals surface area (Å²) in [7, 11) is 1.39. The molecule has 2 N–H and O–H groups in total. The Morgan fingerprint density at radius 1 is 1.45 bits per heavy atom. The lowest BCUT2D eigenvalue weighted by molar-refractivity contribution is 0.0994. The third kappa shape index (κ3) is 2.90. The summed E-state index contributed by atoms with van der Waals surface area (Å²) in [6.07, 6.45) is 1.92. The number of benzene rings is 1. The average Bonchev–Trinajstić information content (AvgIpc) is 2.42. The van der Waals surface area contributed by atoms with Crippen LogP contribution in [0.15, 0.2) is 24.4 Å². The van der Waals surface area contributed by atoms with E-state index in [1.807, 2.05) is 0 Å². The molecule has 0 bridgehead atoms. The van der Waals surface area contributed by atoms with E-state index >= 15 is 0 Å². The molecule has 1 aromatic heterocycles. The van der Waals surface area contributed by atoms with Gasteiger partial charge in [-0.2, -0.15) is 0 Å². The molecule has 1 amide bonds. The highest BCUT2D eigenvalue weighted by Crippen LogP contribution is 2.21. The summed E-state index contributed by atoms with van der Waals surface area (Å²) in [6, 6.07) is 4.50. The second-order valence-corrected chi connectivity index (χ2v) is 4.30. The Bertz CT molecular complexity index is 659. The zero-order valence-corrected chi connectivity index (χ0v) is 11.2. The van der Waals surface area contributed by atoms with E-state index in [-0.39, 0.29) is 11.4 Å². The number of aromatic nitrogens is 2. The van der Waals surface area contributed by atoms with Crippen LogP contribution in [0.3, 0.4) is 0 Å². The van der Waals surface area contributed by atoms with Gasteiger partial charge in [-0.1, -0.05) is 6.07 Å². The van der Waals surface area contributed by atoms with Crippen LogP contribution in [0.4, 0.5) is 4.39 Å². The second-order valence-electron chi connectivity index (χ2n) is 4.30. The van der Waals surface area contributed by atoms with Gasteiger partial charge in [-0.15, -0.1) is 0 Å². The van der Waals surface area contributed by atoms with Crippen molar-refractivity contribution in [2.75, 3.05) is 7.11 Å². The van der Waals surface area contributed by atoms with Crippen molar-refractivity contribution in [1.29, 1.82) is 0 Å². The van der Waals surface area contributed by atoms with Gasteiger partial charge in [-0.05, 0) is 24.6 Å². The number of carbonyl (C=O) groups excluding carboxylic acids is 1. The van der Waals surface area contributed by atoms with Gasteiger partial charge in [0, 0.05) is 18.2 Å². The van der Waals surface area contributed by atoms with Gasteiger partial charge in [0.2, 0.25) is 0 Å². The summed E-state index contributed by atoms with van der Waals surface area (Å²) in [5, 5.41) is 0. The molecule has 0 spiro atoms. The molecule has 104 valence electrons. The molecule has 0 unspecified atom stereocenters. The van der Waals surface area contributed by atoms with Gasteiger partial charge in [-0.25, -0.2) is 14.4 Å².